The predicted octanol–water partition coefficient (Wildman–Crippen LogP) is 4.39. The Morgan fingerprint density at radius 2 is 1.68 bits per heavy atom. The highest BCUT2D eigenvalue weighted by Gasteiger charge is 2.23. The van der Waals surface area contributed by atoms with Crippen LogP contribution in [0.4, 0.5) is 0 Å². The van der Waals surface area contributed by atoms with Crippen molar-refractivity contribution in [2.24, 2.45) is 0 Å². The molecule has 2 heteroatoms. The maximum atomic E-state index is 2.73. The van der Waals surface area contributed by atoms with Gasteiger partial charge in [0.1, 0.15) is 0 Å². The van der Waals surface area contributed by atoms with Gasteiger partial charge < -0.3 is 4.90 Å². The van der Waals surface area contributed by atoms with Crippen molar-refractivity contribution in [2.45, 2.75) is 66.0 Å². The molecule has 2 nitrogen and oxygen atoms in total. The van der Waals surface area contributed by atoms with Gasteiger partial charge in [-0.25, -0.2) is 0 Å². The fourth-order valence-electron chi connectivity index (χ4n) is 3.76. The highest BCUT2D eigenvalue weighted by Crippen LogP contribution is 2.20. The molecule has 0 N–H and O–H groups in total. The van der Waals surface area contributed by atoms with E-state index in [9.17, 15) is 0 Å². The summed E-state index contributed by atoms with van der Waals surface area (Å²) in [6, 6.07) is 7.69. The monoisotopic (exact) mass is 302 g/mol. The third kappa shape index (κ3) is 4.82. The van der Waals surface area contributed by atoms with Crippen molar-refractivity contribution in [1.82, 2.24) is 9.80 Å². The zero-order valence-electron chi connectivity index (χ0n) is 15.1. The van der Waals surface area contributed by atoms with Crippen LogP contribution in [0.1, 0.15) is 56.2 Å². The Morgan fingerprint density at radius 1 is 1.05 bits per heavy atom. The molecule has 0 unspecified atom stereocenters. The molecule has 22 heavy (non-hydrogen) atoms. The lowest BCUT2D eigenvalue weighted by Crippen LogP contribution is -2.45. The summed E-state index contributed by atoms with van der Waals surface area (Å²) in [7, 11) is 0. The summed E-state index contributed by atoms with van der Waals surface area (Å²) in [5.41, 5.74) is 4.32. The number of likely N-dealkylation sites (tertiary alicyclic amines) is 1. The van der Waals surface area contributed by atoms with E-state index in [1.165, 1.54) is 68.6 Å². The zero-order valence-corrected chi connectivity index (χ0v) is 15.1. The number of hydrogen-bond acceptors (Lipinski definition) is 2. The van der Waals surface area contributed by atoms with Gasteiger partial charge in [0, 0.05) is 12.6 Å². The van der Waals surface area contributed by atoms with Crippen LogP contribution in [0.15, 0.2) is 18.2 Å². The van der Waals surface area contributed by atoms with Crippen LogP contribution in [0.2, 0.25) is 0 Å². The van der Waals surface area contributed by atoms with E-state index in [-0.39, 0.29) is 0 Å². The molecule has 124 valence electrons. The van der Waals surface area contributed by atoms with Crippen molar-refractivity contribution in [2.75, 3.05) is 26.2 Å². The molecule has 0 spiro atoms. The second kappa shape index (κ2) is 8.69. The molecule has 0 saturated carbocycles. The van der Waals surface area contributed by atoms with Crippen molar-refractivity contribution < 1.29 is 0 Å². The summed E-state index contributed by atoms with van der Waals surface area (Å²) >= 11 is 0. The second-order valence-electron chi connectivity index (χ2n) is 6.97. The molecule has 0 aromatic heterocycles. The van der Waals surface area contributed by atoms with Crippen LogP contribution in [0.25, 0.3) is 0 Å². The number of aryl methyl sites for hydroxylation is 2. The minimum Gasteiger partial charge on any atom is -0.300 e. The topological polar surface area (TPSA) is 6.48 Å². The molecule has 1 heterocycles. The summed E-state index contributed by atoms with van der Waals surface area (Å²) < 4.78 is 0. The highest BCUT2D eigenvalue weighted by molar-refractivity contribution is 5.30. The molecule has 2 rings (SSSR count). The zero-order chi connectivity index (χ0) is 15.9. The van der Waals surface area contributed by atoms with E-state index in [0.717, 1.165) is 12.6 Å². The molecule has 1 aliphatic heterocycles. The Kier molecular flexibility index (Phi) is 6.91. The number of hydrogen-bond donors (Lipinski definition) is 0. The highest BCUT2D eigenvalue weighted by atomic mass is 15.2. The molecule has 1 aromatic carbocycles. The summed E-state index contributed by atoms with van der Waals surface area (Å²) in [5.74, 6) is 0. The minimum absolute atomic E-state index is 0.815. The van der Waals surface area contributed by atoms with Gasteiger partial charge in [0.2, 0.25) is 0 Å². The Labute approximate surface area is 137 Å². The van der Waals surface area contributed by atoms with Crippen molar-refractivity contribution in [3.8, 4) is 0 Å². The Bertz CT molecular complexity index is 441. The molecule has 1 saturated heterocycles. The molecular weight excluding hydrogens is 268 g/mol. The standard InChI is InChI=1S/C20H34N2/c1-5-11-22(12-6-2)20-9-13-21(14-10-20)16-19-8-7-17(3)15-18(19)4/h7-8,15,20H,5-6,9-14,16H2,1-4H3. The molecule has 0 radical (unpaired) electrons. The normalized spacial score (nSPS) is 17.3. The minimum atomic E-state index is 0.815. The van der Waals surface area contributed by atoms with Crippen LogP contribution in [0, 0.1) is 13.8 Å². The number of rotatable bonds is 7. The lowest BCUT2D eigenvalue weighted by Gasteiger charge is -2.38. The Morgan fingerprint density at radius 3 is 2.23 bits per heavy atom. The summed E-state index contributed by atoms with van der Waals surface area (Å²) in [4.78, 5) is 5.37. The maximum absolute atomic E-state index is 2.73. The van der Waals surface area contributed by atoms with E-state index in [1.54, 1.807) is 0 Å². The van der Waals surface area contributed by atoms with Gasteiger partial charge in [0.15, 0.2) is 0 Å². The van der Waals surface area contributed by atoms with Crippen LogP contribution < -0.4 is 0 Å². The Hall–Kier alpha value is -0.860. The van der Waals surface area contributed by atoms with Gasteiger partial charge in [-0.15, -0.1) is 0 Å². The quantitative estimate of drug-likeness (QED) is 0.737. The molecule has 1 fully saturated rings. The largest absolute Gasteiger partial charge is 0.300 e. The number of piperidine rings is 1. The molecular formula is C20H34N2. The first-order valence-corrected chi connectivity index (χ1v) is 9.16. The van der Waals surface area contributed by atoms with Crippen molar-refractivity contribution in [1.29, 1.82) is 0 Å². The van der Waals surface area contributed by atoms with Crippen LogP contribution in [0.5, 0.6) is 0 Å². The van der Waals surface area contributed by atoms with Gasteiger partial charge in [-0.3, -0.25) is 4.90 Å². The first kappa shape index (κ1) is 17.5. The summed E-state index contributed by atoms with van der Waals surface area (Å²) in [5, 5.41) is 0. The van der Waals surface area contributed by atoms with Crippen LogP contribution >= 0.6 is 0 Å². The number of nitrogens with zero attached hydrogens (tertiary/aromatic N) is 2. The lowest BCUT2D eigenvalue weighted by molar-refractivity contribution is 0.104. The SMILES string of the molecule is CCCN(CCC)C1CCN(Cc2ccc(C)cc2C)CC1. The fraction of sp³-hybridized carbons (Fsp3) is 0.700. The van der Waals surface area contributed by atoms with Gasteiger partial charge in [0.05, 0.1) is 0 Å². The third-order valence-corrected chi connectivity index (χ3v) is 4.99. The van der Waals surface area contributed by atoms with Gasteiger partial charge in [-0.1, -0.05) is 37.6 Å². The summed E-state index contributed by atoms with van der Waals surface area (Å²) in [6.07, 6.45) is 5.24. The van der Waals surface area contributed by atoms with E-state index in [0.29, 0.717) is 0 Å². The predicted molar refractivity (Wildman–Crippen MR) is 96.4 cm³/mol. The molecule has 0 bridgehead atoms. The van der Waals surface area contributed by atoms with Crippen LogP contribution in [-0.2, 0) is 6.54 Å². The first-order valence-electron chi connectivity index (χ1n) is 9.16. The summed E-state index contributed by atoms with van der Waals surface area (Å²) in [6.45, 7) is 15.2. The Balaban J connectivity index is 1.86. The third-order valence-electron chi connectivity index (χ3n) is 4.99. The maximum Gasteiger partial charge on any atom is 0.0236 e. The smallest absolute Gasteiger partial charge is 0.0236 e. The molecule has 0 atom stereocenters. The average Bonchev–Trinajstić information content (AvgIpc) is 2.51. The molecule has 1 aliphatic rings. The van der Waals surface area contributed by atoms with Gasteiger partial charge >= 0.3 is 0 Å². The van der Waals surface area contributed by atoms with E-state index in [1.807, 2.05) is 0 Å². The van der Waals surface area contributed by atoms with Crippen molar-refractivity contribution in [3.63, 3.8) is 0 Å². The lowest BCUT2D eigenvalue weighted by atomic mass is 10.0. The van der Waals surface area contributed by atoms with E-state index in [2.05, 4.69) is 55.7 Å². The molecule has 0 amide bonds. The van der Waals surface area contributed by atoms with E-state index >= 15 is 0 Å². The van der Waals surface area contributed by atoms with E-state index < -0.39 is 0 Å². The average molecular weight is 303 g/mol. The van der Waals surface area contributed by atoms with E-state index in [4.69, 9.17) is 0 Å². The number of benzene rings is 1. The van der Waals surface area contributed by atoms with Gasteiger partial charge in [0.25, 0.3) is 0 Å². The van der Waals surface area contributed by atoms with Crippen LogP contribution in [0.3, 0.4) is 0 Å². The van der Waals surface area contributed by atoms with Crippen molar-refractivity contribution in [3.05, 3.63) is 34.9 Å². The first-order chi connectivity index (χ1) is 10.6. The molecule has 1 aromatic rings. The second-order valence-corrected chi connectivity index (χ2v) is 6.97. The van der Waals surface area contributed by atoms with Gasteiger partial charge in [-0.05, 0) is 76.8 Å². The fourth-order valence-corrected chi connectivity index (χ4v) is 3.76. The van der Waals surface area contributed by atoms with Crippen LogP contribution in [-0.4, -0.2) is 42.0 Å². The van der Waals surface area contributed by atoms with Gasteiger partial charge in [-0.2, -0.15) is 0 Å². The molecule has 0 aliphatic carbocycles. The van der Waals surface area contributed by atoms with Crippen molar-refractivity contribution >= 4 is 0 Å².